The van der Waals surface area contributed by atoms with Gasteiger partial charge in [0.2, 0.25) is 0 Å². The summed E-state index contributed by atoms with van der Waals surface area (Å²) in [6.45, 7) is 1.87. The zero-order valence-electron chi connectivity index (χ0n) is 15.1. The molecule has 0 saturated heterocycles. The summed E-state index contributed by atoms with van der Waals surface area (Å²) < 4.78 is 15.1. The van der Waals surface area contributed by atoms with Gasteiger partial charge in [-0.1, -0.05) is 17.7 Å². The molecular weight excluding hydrogens is 401 g/mol. The number of halogens is 2. The maximum atomic E-state index is 13.5. The molecule has 3 aromatic rings. The number of hydrogen-bond donors (Lipinski definition) is 1. The van der Waals surface area contributed by atoms with Crippen molar-refractivity contribution in [2.75, 3.05) is 7.05 Å². The molecule has 1 amide bonds. The summed E-state index contributed by atoms with van der Waals surface area (Å²) in [7, 11) is 1.59. The van der Waals surface area contributed by atoms with Crippen molar-refractivity contribution in [1.29, 1.82) is 0 Å². The largest absolute Gasteiger partial charge is 0.369 e. The highest BCUT2D eigenvalue weighted by Gasteiger charge is 2.48. The minimum absolute atomic E-state index is 0.0580. The molecule has 0 aliphatic carbocycles. The third-order valence-electron chi connectivity index (χ3n) is 4.93. The van der Waals surface area contributed by atoms with Crippen LogP contribution in [0.2, 0.25) is 5.02 Å². The first kappa shape index (κ1) is 18.6. The molecule has 1 unspecified atom stereocenters. The van der Waals surface area contributed by atoms with Crippen molar-refractivity contribution in [3.63, 3.8) is 0 Å². The number of carbonyl (C=O) groups excluding carboxylic acids is 1. The van der Waals surface area contributed by atoms with Crippen molar-refractivity contribution in [2.45, 2.75) is 18.5 Å². The van der Waals surface area contributed by atoms with Gasteiger partial charge in [0.15, 0.2) is 12.0 Å². The van der Waals surface area contributed by atoms with Crippen LogP contribution in [0, 0.1) is 5.82 Å². The van der Waals surface area contributed by atoms with Crippen molar-refractivity contribution in [3.05, 3.63) is 63.8 Å². The Balaban J connectivity index is 1.82. The van der Waals surface area contributed by atoms with Crippen LogP contribution in [0.5, 0.6) is 0 Å². The standard InChI is InChI=1S/C19H17ClFN5OS/c1-19(15-9-12(10-28-15)11-4-5-14(21)13(20)8-11)16(26-7-3-6-23-26)17(27)25(2)18(22)24-19/h3-10,16H,1-2H3,(H2,22,24)/t16?,19-/m1/s1. The number of amides is 1. The van der Waals surface area contributed by atoms with Gasteiger partial charge in [-0.05, 0) is 47.7 Å². The topological polar surface area (TPSA) is 76.5 Å². The monoisotopic (exact) mass is 417 g/mol. The molecule has 3 heterocycles. The van der Waals surface area contributed by atoms with E-state index in [2.05, 4.69) is 10.1 Å². The molecule has 1 aromatic carbocycles. The zero-order valence-corrected chi connectivity index (χ0v) is 16.7. The summed E-state index contributed by atoms with van der Waals surface area (Å²) in [5.41, 5.74) is 6.73. The maximum absolute atomic E-state index is 13.5. The van der Waals surface area contributed by atoms with Gasteiger partial charge >= 0.3 is 0 Å². The van der Waals surface area contributed by atoms with Crippen LogP contribution in [0.15, 0.2) is 53.1 Å². The van der Waals surface area contributed by atoms with Crippen LogP contribution in [0.3, 0.4) is 0 Å². The lowest BCUT2D eigenvalue weighted by Crippen LogP contribution is -2.54. The highest BCUT2D eigenvalue weighted by molar-refractivity contribution is 7.10. The molecular formula is C19H17ClFN5OS. The predicted octanol–water partition coefficient (Wildman–Crippen LogP) is 3.65. The fourth-order valence-corrected chi connectivity index (χ4v) is 4.56. The van der Waals surface area contributed by atoms with Crippen LogP contribution < -0.4 is 5.73 Å². The van der Waals surface area contributed by atoms with E-state index in [4.69, 9.17) is 17.3 Å². The molecule has 0 radical (unpaired) electrons. The predicted molar refractivity (Wildman–Crippen MR) is 108 cm³/mol. The Bertz CT molecular complexity index is 1080. The number of nitrogens with two attached hydrogens (primary N) is 1. The van der Waals surface area contributed by atoms with Crippen molar-refractivity contribution < 1.29 is 9.18 Å². The van der Waals surface area contributed by atoms with Crippen LogP contribution in [0.4, 0.5) is 4.39 Å². The summed E-state index contributed by atoms with van der Waals surface area (Å²) in [4.78, 5) is 19.9. The second-order valence-electron chi connectivity index (χ2n) is 6.73. The lowest BCUT2D eigenvalue weighted by atomic mass is 9.88. The van der Waals surface area contributed by atoms with E-state index in [1.165, 1.54) is 22.3 Å². The molecule has 1 aliphatic rings. The fourth-order valence-electron chi connectivity index (χ4n) is 3.33. The smallest absolute Gasteiger partial charge is 0.256 e. The average Bonchev–Trinajstić information content (AvgIpc) is 3.34. The first-order valence-electron chi connectivity index (χ1n) is 8.47. The Morgan fingerprint density at radius 1 is 1.32 bits per heavy atom. The highest BCUT2D eigenvalue weighted by Crippen LogP contribution is 2.44. The number of hydrogen-bond acceptors (Lipinski definition) is 5. The number of aromatic nitrogens is 2. The van der Waals surface area contributed by atoms with E-state index in [1.807, 2.05) is 18.4 Å². The Morgan fingerprint density at radius 2 is 2.11 bits per heavy atom. The second-order valence-corrected chi connectivity index (χ2v) is 8.05. The molecule has 2 atom stereocenters. The van der Waals surface area contributed by atoms with E-state index in [9.17, 15) is 9.18 Å². The molecule has 6 nitrogen and oxygen atoms in total. The fraction of sp³-hybridized carbons (Fsp3) is 0.211. The Labute approximate surface area is 170 Å². The molecule has 0 saturated carbocycles. The molecule has 144 valence electrons. The number of guanidine groups is 1. The molecule has 9 heteroatoms. The van der Waals surface area contributed by atoms with E-state index in [1.54, 1.807) is 42.3 Å². The minimum atomic E-state index is -0.938. The number of rotatable bonds is 3. The van der Waals surface area contributed by atoms with E-state index >= 15 is 0 Å². The van der Waals surface area contributed by atoms with E-state index < -0.39 is 17.4 Å². The molecule has 4 rings (SSSR count). The van der Waals surface area contributed by atoms with E-state index in [0.29, 0.717) is 0 Å². The van der Waals surface area contributed by atoms with Crippen LogP contribution in [-0.2, 0) is 10.3 Å². The normalized spacial score (nSPS) is 22.4. The average molecular weight is 418 g/mol. The van der Waals surface area contributed by atoms with Gasteiger partial charge in [0.05, 0.1) is 5.02 Å². The maximum Gasteiger partial charge on any atom is 0.256 e. The number of nitrogens with zero attached hydrogens (tertiary/aromatic N) is 4. The van der Waals surface area contributed by atoms with Gasteiger partial charge < -0.3 is 5.73 Å². The number of carbonyl (C=O) groups is 1. The molecule has 1 aliphatic heterocycles. The lowest BCUT2D eigenvalue weighted by Gasteiger charge is -2.39. The quantitative estimate of drug-likeness (QED) is 0.706. The van der Waals surface area contributed by atoms with Gasteiger partial charge in [-0.2, -0.15) is 5.10 Å². The van der Waals surface area contributed by atoms with Crippen LogP contribution in [-0.4, -0.2) is 33.6 Å². The molecule has 0 fully saturated rings. The zero-order chi connectivity index (χ0) is 20.1. The van der Waals surface area contributed by atoms with Crippen molar-refractivity contribution >= 4 is 34.8 Å². The minimum Gasteiger partial charge on any atom is -0.369 e. The van der Waals surface area contributed by atoms with Gasteiger partial charge in [0.25, 0.3) is 5.91 Å². The Kier molecular flexibility index (Phi) is 4.47. The van der Waals surface area contributed by atoms with E-state index in [0.717, 1.165) is 16.0 Å². The summed E-state index contributed by atoms with van der Waals surface area (Å²) in [6.07, 6.45) is 3.36. The summed E-state index contributed by atoms with van der Waals surface area (Å²) in [6, 6.07) is 7.59. The number of thiophene rings is 1. The van der Waals surface area contributed by atoms with Crippen molar-refractivity contribution in [2.24, 2.45) is 10.7 Å². The molecule has 0 spiro atoms. The second kappa shape index (κ2) is 6.72. The van der Waals surface area contributed by atoms with Gasteiger partial charge in [-0.15, -0.1) is 11.3 Å². The number of aliphatic imine (C=N–C) groups is 1. The van der Waals surface area contributed by atoms with Crippen LogP contribution in [0.25, 0.3) is 11.1 Å². The SMILES string of the molecule is CN1C(=O)C(n2cccn2)[C@@](C)(c2cc(-c3ccc(F)c(Cl)c3)cs2)N=C1N. The first-order chi connectivity index (χ1) is 13.3. The highest BCUT2D eigenvalue weighted by atomic mass is 35.5. The molecule has 2 aromatic heterocycles. The van der Waals surface area contributed by atoms with Crippen molar-refractivity contribution in [1.82, 2.24) is 14.7 Å². The van der Waals surface area contributed by atoms with Crippen molar-refractivity contribution in [3.8, 4) is 11.1 Å². The Morgan fingerprint density at radius 3 is 2.79 bits per heavy atom. The molecule has 2 N–H and O–H groups in total. The van der Waals surface area contributed by atoms with Gasteiger partial charge in [-0.3, -0.25) is 14.4 Å². The van der Waals surface area contributed by atoms with Gasteiger partial charge in [0, 0.05) is 24.3 Å². The summed E-state index contributed by atoms with van der Waals surface area (Å²) in [5, 5.41) is 6.25. The van der Waals surface area contributed by atoms with Gasteiger partial charge in [0.1, 0.15) is 11.4 Å². The van der Waals surface area contributed by atoms with Crippen LogP contribution in [0.1, 0.15) is 17.8 Å². The third-order valence-corrected chi connectivity index (χ3v) is 6.37. The first-order valence-corrected chi connectivity index (χ1v) is 9.73. The lowest BCUT2D eigenvalue weighted by molar-refractivity contribution is -0.133. The van der Waals surface area contributed by atoms with Crippen LogP contribution >= 0.6 is 22.9 Å². The molecule has 0 bridgehead atoms. The number of benzene rings is 1. The molecule has 28 heavy (non-hydrogen) atoms. The summed E-state index contributed by atoms with van der Waals surface area (Å²) >= 11 is 7.37. The summed E-state index contributed by atoms with van der Waals surface area (Å²) in [5.74, 6) is -0.515. The number of likely N-dealkylation sites (N-methyl/N-ethyl adjacent to an activating group) is 1. The van der Waals surface area contributed by atoms with Gasteiger partial charge in [-0.25, -0.2) is 9.38 Å². The van der Waals surface area contributed by atoms with E-state index in [-0.39, 0.29) is 16.9 Å². The Hall–Kier alpha value is -2.71. The third kappa shape index (κ3) is 2.89.